The number of hydrogen-bond donors (Lipinski definition) is 1. The average molecular weight is 202 g/mol. The number of hydrogen-bond acceptors (Lipinski definition) is 4. The predicted octanol–water partition coefficient (Wildman–Crippen LogP) is 1.29. The maximum absolute atomic E-state index is 10.9. The standard InChI is InChI=1S/C9H14O5/c1-3-4-5-13-14-9(12)7(2)6-8(10)11/h2-6H2,1H3,(H,10,11). The van der Waals surface area contributed by atoms with E-state index in [1.165, 1.54) is 0 Å². The van der Waals surface area contributed by atoms with Gasteiger partial charge in [0.25, 0.3) is 0 Å². The molecule has 0 fully saturated rings. The molecule has 0 saturated carbocycles. The topological polar surface area (TPSA) is 72.8 Å². The Kier molecular flexibility index (Phi) is 6.39. The maximum Gasteiger partial charge on any atom is 0.369 e. The zero-order valence-electron chi connectivity index (χ0n) is 8.12. The lowest BCUT2D eigenvalue weighted by Crippen LogP contribution is -2.11. The molecule has 0 bridgehead atoms. The van der Waals surface area contributed by atoms with Crippen molar-refractivity contribution >= 4 is 11.9 Å². The zero-order valence-corrected chi connectivity index (χ0v) is 8.12. The van der Waals surface area contributed by atoms with Gasteiger partial charge in [0.15, 0.2) is 0 Å². The van der Waals surface area contributed by atoms with Gasteiger partial charge in [-0.3, -0.25) is 9.68 Å². The molecule has 0 saturated heterocycles. The van der Waals surface area contributed by atoms with E-state index in [2.05, 4.69) is 16.4 Å². The molecular weight excluding hydrogens is 188 g/mol. The third-order valence-electron chi connectivity index (χ3n) is 1.37. The Bertz CT molecular complexity index is 221. The Morgan fingerprint density at radius 1 is 1.43 bits per heavy atom. The van der Waals surface area contributed by atoms with Crippen LogP contribution in [0.1, 0.15) is 26.2 Å². The van der Waals surface area contributed by atoms with E-state index < -0.39 is 18.4 Å². The Labute approximate surface area is 82.2 Å². The van der Waals surface area contributed by atoms with E-state index in [-0.39, 0.29) is 5.57 Å². The molecule has 0 unspecified atom stereocenters. The minimum atomic E-state index is -1.12. The number of carbonyl (C=O) groups excluding carboxylic acids is 1. The van der Waals surface area contributed by atoms with Gasteiger partial charge in [-0.1, -0.05) is 19.9 Å². The molecule has 0 aliphatic heterocycles. The van der Waals surface area contributed by atoms with E-state index >= 15 is 0 Å². The number of unbranched alkanes of at least 4 members (excludes halogenated alkanes) is 1. The lowest BCUT2D eigenvalue weighted by Gasteiger charge is -2.03. The van der Waals surface area contributed by atoms with Gasteiger partial charge >= 0.3 is 11.9 Å². The summed E-state index contributed by atoms with van der Waals surface area (Å²) in [6.45, 7) is 5.53. The molecule has 5 nitrogen and oxygen atoms in total. The average Bonchev–Trinajstić information content (AvgIpc) is 2.11. The fourth-order valence-corrected chi connectivity index (χ4v) is 0.612. The molecule has 80 valence electrons. The molecule has 0 aromatic heterocycles. The Morgan fingerprint density at radius 3 is 2.57 bits per heavy atom. The van der Waals surface area contributed by atoms with Crippen molar-refractivity contribution in [3.63, 3.8) is 0 Å². The normalized spacial score (nSPS) is 9.50. The van der Waals surface area contributed by atoms with E-state index in [4.69, 9.17) is 5.11 Å². The Hall–Kier alpha value is -1.36. The summed E-state index contributed by atoms with van der Waals surface area (Å²) >= 11 is 0. The Balaban J connectivity index is 3.63. The van der Waals surface area contributed by atoms with E-state index in [1.54, 1.807) is 0 Å². The number of rotatable bonds is 7. The Morgan fingerprint density at radius 2 is 2.07 bits per heavy atom. The first-order valence-corrected chi connectivity index (χ1v) is 4.31. The first-order valence-electron chi connectivity index (χ1n) is 4.31. The second kappa shape index (κ2) is 7.08. The first kappa shape index (κ1) is 12.6. The predicted molar refractivity (Wildman–Crippen MR) is 48.3 cm³/mol. The summed E-state index contributed by atoms with van der Waals surface area (Å²) in [6.07, 6.45) is 1.27. The zero-order chi connectivity index (χ0) is 11.0. The highest BCUT2D eigenvalue weighted by Crippen LogP contribution is 2.01. The van der Waals surface area contributed by atoms with Crippen LogP contribution >= 0.6 is 0 Å². The van der Waals surface area contributed by atoms with Crippen molar-refractivity contribution in [1.29, 1.82) is 0 Å². The summed E-state index contributed by atoms with van der Waals surface area (Å²) in [5.74, 6) is -1.95. The van der Waals surface area contributed by atoms with Crippen LogP contribution in [0.4, 0.5) is 0 Å². The highest BCUT2D eigenvalue weighted by molar-refractivity contribution is 5.92. The lowest BCUT2D eigenvalue weighted by atomic mass is 10.2. The minimum Gasteiger partial charge on any atom is -0.481 e. The monoisotopic (exact) mass is 202 g/mol. The highest BCUT2D eigenvalue weighted by atomic mass is 17.2. The molecule has 1 N–H and O–H groups in total. The molecule has 0 rings (SSSR count). The molecule has 14 heavy (non-hydrogen) atoms. The van der Waals surface area contributed by atoms with Crippen molar-refractivity contribution in [2.24, 2.45) is 0 Å². The van der Waals surface area contributed by atoms with Crippen LogP contribution < -0.4 is 0 Å². The second-order valence-electron chi connectivity index (χ2n) is 2.72. The number of carboxylic acid groups (broad SMARTS) is 1. The van der Waals surface area contributed by atoms with Crippen molar-refractivity contribution in [3.05, 3.63) is 12.2 Å². The smallest absolute Gasteiger partial charge is 0.369 e. The number of carboxylic acids is 1. The molecule has 0 atom stereocenters. The van der Waals surface area contributed by atoms with Crippen LogP contribution in [0.5, 0.6) is 0 Å². The van der Waals surface area contributed by atoms with E-state index in [0.29, 0.717) is 6.61 Å². The van der Waals surface area contributed by atoms with Gasteiger partial charge in [-0.2, -0.15) is 4.89 Å². The van der Waals surface area contributed by atoms with E-state index in [1.807, 2.05) is 6.92 Å². The van der Waals surface area contributed by atoms with Crippen LogP contribution in [0, 0.1) is 0 Å². The minimum absolute atomic E-state index is 0.131. The summed E-state index contributed by atoms with van der Waals surface area (Å²) in [4.78, 5) is 30.0. The molecule has 0 amide bonds. The van der Waals surface area contributed by atoms with Gasteiger partial charge in [0.2, 0.25) is 0 Å². The molecule has 0 radical (unpaired) electrons. The molecule has 0 aliphatic carbocycles. The lowest BCUT2D eigenvalue weighted by molar-refractivity contribution is -0.268. The molecule has 0 heterocycles. The summed E-state index contributed by atoms with van der Waals surface area (Å²) in [7, 11) is 0. The van der Waals surface area contributed by atoms with Crippen molar-refractivity contribution in [1.82, 2.24) is 0 Å². The first-order chi connectivity index (χ1) is 6.57. The fourth-order valence-electron chi connectivity index (χ4n) is 0.612. The SMILES string of the molecule is C=C(CC(=O)O)C(=O)OOCCCC. The van der Waals surface area contributed by atoms with Crippen molar-refractivity contribution in [3.8, 4) is 0 Å². The highest BCUT2D eigenvalue weighted by Gasteiger charge is 2.12. The van der Waals surface area contributed by atoms with Gasteiger partial charge < -0.3 is 5.11 Å². The fraction of sp³-hybridized carbons (Fsp3) is 0.556. The van der Waals surface area contributed by atoms with Gasteiger partial charge in [-0.25, -0.2) is 4.79 Å². The van der Waals surface area contributed by atoms with Gasteiger partial charge in [0, 0.05) is 5.57 Å². The van der Waals surface area contributed by atoms with Crippen molar-refractivity contribution < 1.29 is 24.5 Å². The summed E-state index contributed by atoms with van der Waals surface area (Å²) < 4.78 is 0. The molecule has 0 aliphatic rings. The number of carbonyl (C=O) groups is 2. The van der Waals surface area contributed by atoms with Crippen LogP contribution in [-0.4, -0.2) is 23.7 Å². The van der Waals surface area contributed by atoms with Gasteiger partial charge in [-0.05, 0) is 6.42 Å². The molecule has 0 spiro atoms. The van der Waals surface area contributed by atoms with Gasteiger partial charge in [-0.15, -0.1) is 0 Å². The molecule has 0 aromatic rings. The number of aliphatic carboxylic acids is 1. The van der Waals surface area contributed by atoms with Crippen LogP contribution in [0.3, 0.4) is 0 Å². The third kappa shape index (κ3) is 6.19. The van der Waals surface area contributed by atoms with Crippen LogP contribution in [0.25, 0.3) is 0 Å². The van der Waals surface area contributed by atoms with Gasteiger partial charge in [0.05, 0.1) is 13.0 Å². The van der Waals surface area contributed by atoms with E-state index in [9.17, 15) is 9.59 Å². The van der Waals surface area contributed by atoms with Crippen molar-refractivity contribution in [2.45, 2.75) is 26.2 Å². The largest absolute Gasteiger partial charge is 0.481 e. The summed E-state index contributed by atoms with van der Waals surface area (Å²) in [6, 6.07) is 0. The summed E-state index contributed by atoms with van der Waals surface area (Å²) in [5.41, 5.74) is -0.131. The third-order valence-corrected chi connectivity index (χ3v) is 1.37. The van der Waals surface area contributed by atoms with Gasteiger partial charge in [0.1, 0.15) is 0 Å². The van der Waals surface area contributed by atoms with E-state index in [0.717, 1.165) is 12.8 Å². The summed E-state index contributed by atoms with van der Waals surface area (Å²) in [5, 5.41) is 8.33. The quantitative estimate of drug-likeness (QED) is 0.291. The molecule has 0 aromatic carbocycles. The second-order valence-corrected chi connectivity index (χ2v) is 2.72. The molecular formula is C9H14O5. The van der Waals surface area contributed by atoms with Crippen molar-refractivity contribution in [2.75, 3.05) is 6.61 Å². The van der Waals surface area contributed by atoms with Crippen LogP contribution in [0.15, 0.2) is 12.2 Å². The molecule has 5 heteroatoms. The maximum atomic E-state index is 10.9. The van der Waals surface area contributed by atoms with Crippen LogP contribution in [0.2, 0.25) is 0 Å². The van der Waals surface area contributed by atoms with Crippen LogP contribution in [-0.2, 0) is 19.4 Å².